The van der Waals surface area contributed by atoms with Gasteiger partial charge in [0.25, 0.3) is 0 Å². The Labute approximate surface area is 107 Å². The molecule has 0 saturated heterocycles. The van der Waals surface area contributed by atoms with Crippen LogP contribution in [0.2, 0.25) is 18.1 Å². The minimum absolute atomic E-state index is 0.227. The van der Waals surface area contributed by atoms with Crippen LogP contribution in [0, 0.1) is 6.92 Å². The van der Waals surface area contributed by atoms with Crippen molar-refractivity contribution < 1.29 is 4.43 Å². The lowest BCUT2D eigenvalue weighted by Crippen LogP contribution is -2.43. The lowest BCUT2D eigenvalue weighted by molar-refractivity contribution is 0.492. The molecule has 0 saturated carbocycles. The SMILES string of the molecule is C=Cc1cc(C)cc(O[Si](C)(C)C(C)(C)C)c1. The van der Waals surface area contributed by atoms with E-state index in [-0.39, 0.29) is 5.04 Å². The Morgan fingerprint density at radius 1 is 1.18 bits per heavy atom. The Morgan fingerprint density at radius 2 is 1.76 bits per heavy atom. The van der Waals surface area contributed by atoms with Gasteiger partial charge in [-0.05, 0) is 48.3 Å². The molecule has 0 fully saturated rings. The predicted octanol–water partition coefficient (Wildman–Crippen LogP) is 5.02. The summed E-state index contributed by atoms with van der Waals surface area (Å²) in [4.78, 5) is 0. The first-order valence-corrected chi connectivity index (χ1v) is 9.00. The van der Waals surface area contributed by atoms with Gasteiger partial charge in [-0.2, -0.15) is 0 Å². The molecular weight excluding hydrogens is 224 g/mol. The highest BCUT2D eigenvalue weighted by Crippen LogP contribution is 2.37. The van der Waals surface area contributed by atoms with Gasteiger partial charge in [0.05, 0.1) is 0 Å². The second-order valence-corrected chi connectivity index (χ2v) is 10.9. The highest BCUT2D eigenvalue weighted by Gasteiger charge is 2.38. The van der Waals surface area contributed by atoms with Crippen molar-refractivity contribution in [3.8, 4) is 5.75 Å². The molecule has 0 bridgehead atoms. The van der Waals surface area contributed by atoms with Crippen molar-refractivity contribution in [1.82, 2.24) is 0 Å². The Bertz CT molecular complexity index is 413. The van der Waals surface area contributed by atoms with Gasteiger partial charge in [0.15, 0.2) is 0 Å². The van der Waals surface area contributed by atoms with Crippen molar-refractivity contribution in [3.05, 3.63) is 35.9 Å². The number of rotatable bonds is 3. The van der Waals surface area contributed by atoms with Crippen LogP contribution in [0.25, 0.3) is 6.08 Å². The molecule has 0 atom stereocenters. The predicted molar refractivity (Wildman–Crippen MR) is 79.1 cm³/mol. The van der Waals surface area contributed by atoms with Gasteiger partial charge in [-0.1, -0.05) is 39.5 Å². The molecule has 1 aromatic rings. The number of benzene rings is 1. The summed E-state index contributed by atoms with van der Waals surface area (Å²) >= 11 is 0. The molecule has 0 aliphatic rings. The van der Waals surface area contributed by atoms with Crippen LogP contribution in [-0.4, -0.2) is 8.32 Å². The van der Waals surface area contributed by atoms with Gasteiger partial charge in [0, 0.05) is 0 Å². The van der Waals surface area contributed by atoms with E-state index in [9.17, 15) is 0 Å². The molecule has 1 nitrogen and oxygen atoms in total. The van der Waals surface area contributed by atoms with Crippen LogP contribution in [0.15, 0.2) is 24.8 Å². The minimum atomic E-state index is -1.74. The molecule has 0 unspecified atom stereocenters. The summed E-state index contributed by atoms with van der Waals surface area (Å²) in [5.41, 5.74) is 2.34. The number of hydrogen-bond acceptors (Lipinski definition) is 1. The van der Waals surface area contributed by atoms with Crippen LogP contribution in [0.3, 0.4) is 0 Å². The van der Waals surface area contributed by atoms with E-state index in [2.05, 4.69) is 65.6 Å². The molecule has 0 radical (unpaired) electrons. The lowest BCUT2D eigenvalue weighted by Gasteiger charge is -2.36. The quantitative estimate of drug-likeness (QED) is 0.682. The summed E-state index contributed by atoms with van der Waals surface area (Å²) in [7, 11) is -1.74. The van der Waals surface area contributed by atoms with E-state index in [0.29, 0.717) is 0 Å². The summed E-state index contributed by atoms with van der Waals surface area (Å²) < 4.78 is 6.28. The monoisotopic (exact) mass is 248 g/mol. The largest absolute Gasteiger partial charge is 0.543 e. The molecule has 1 aromatic carbocycles. The Hall–Kier alpha value is -1.02. The summed E-state index contributed by atoms with van der Waals surface area (Å²) in [6.45, 7) is 17.2. The van der Waals surface area contributed by atoms with E-state index in [4.69, 9.17) is 4.43 Å². The first-order valence-electron chi connectivity index (χ1n) is 6.09. The number of hydrogen-bond donors (Lipinski definition) is 0. The van der Waals surface area contributed by atoms with Gasteiger partial charge < -0.3 is 4.43 Å². The van der Waals surface area contributed by atoms with Gasteiger partial charge in [-0.3, -0.25) is 0 Å². The third-order valence-electron chi connectivity index (χ3n) is 3.49. The van der Waals surface area contributed by atoms with E-state index in [0.717, 1.165) is 11.3 Å². The zero-order valence-corrected chi connectivity index (χ0v) is 12.9. The maximum atomic E-state index is 6.28. The molecule has 17 heavy (non-hydrogen) atoms. The van der Waals surface area contributed by atoms with Crippen molar-refractivity contribution in [1.29, 1.82) is 0 Å². The van der Waals surface area contributed by atoms with Gasteiger partial charge in [0.2, 0.25) is 8.32 Å². The van der Waals surface area contributed by atoms with Crippen LogP contribution in [-0.2, 0) is 0 Å². The van der Waals surface area contributed by atoms with Crippen LogP contribution in [0.4, 0.5) is 0 Å². The minimum Gasteiger partial charge on any atom is -0.543 e. The van der Waals surface area contributed by atoms with Crippen molar-refractivity contribution in [2.24, 2.45) is 0 Å². The average Bonchev–Trinajstić information content (AvgIpc) is 2.14. The van der Waals surface area contributed by atoms with E-state index < -0.39 is 8.32 Å². The molecule has 0 N–H and O–H groups in total. The van der Waals surface area contributed by atoms with E-state index >= 15 is 0 Å². The normalized spacial score (nSPS) is 12.4. The molecular formula is C15H24OSi. The van der Waals surface area contributed by atoms with Crippen molar-refractivity contribution in [2.45, 2.75) is 45.8 Å². The molecule has 0 aromatic heterocycles. The Balaban J connectivity index is 3.03. The fourth-order valence-corrected chi connectivity index (χ4v) is 2.41. The molecule has 0 heterocycles. The molecule has 0 amide bonds. The molecule has 1 rings (SSSR count). The second kappa shape index (κ2) is 4.69. The fraction of sp³-hybridized carbons (Fsp3) is 0.467. The standard InChI is InChI=1S/C15H24OSi/c1-8-13-9-12(2)10-14(11-13)16-17(6,7)15(3,4)5/h8-11H,1H2,2-7H3. The van der Waals surface area contributed by atoms with Gasteiger partial charge >= 0.3 is 0 Å². The highest BCUT2D eigenvalue weighted by molar-refractivity contribution is 6.74. The average molecular weight is 248 g/mol. The molecule has 94 valence electrons. The smallest absolute Gasteiger partial charge is 0.250 e. The van der Waals surface area contributed by atoms with E-state index in [1.165, 1.54) is 5.56 Å². The highest BCUT2D eigenvalue weighted by atomic mass is 28.4. The third-order valence-corrected chi connectivity index (χ3v) is 7.85. The Kier molecular flexibility index (Phi) is 3.87. The van der Waals surface area contributed by atoms with Gasteiger partial charge in [-0.15, -0.1) is 0 Å². The third kappa shape index (κ3) is 3.47. The fourth-order valence-electron chi connectivity index (χ4n) is 1.40. The van der Waals surface area contributed by atoms with E-state index in [1.807, 2.05) is 6.08 Å². The molecule has 0 spiro atoms. The maximum absolute atomic E-state index is 6.28. The van der Waals surface area contributed by atoms with E-state index in [1.54, 1.807) is 0 Å². The summed E-state index contributed by atoms with van der Waals surface area (Å²) in [5.74, 6) is 0.978. The molecule has 0 aliphatic carbocycles. The molecule has 2 heteroatoms. The van der Waals surface area contributed by atoms with Crippen LogP contribution < -0.4 is 4.43 Å². The summed E-state index contributed by atoms with van der Waals surface area (Å²) in [5, 5.41) is 0.227. The van der Waals surface area contributed by atoms with Crippen LogP contribution >= 0.6 is 0 Å². The lowest BCUT2D eigenvalue weighted by atomic mass is 10.1. The van der Waals surface area contributed by atoms with Crippen LogP contribution in [0.5, 0.6) is 5.75 Å². The topological polar surface area (TPSA) is 9.23 Å². The maximum Gasteiger partial charge on any atom is 0.250 e. The summed E-state index contributed by atoms with van der Waals surface area (Å²) in [6.07, 6.45) is 1.87. The first-order chi connectivity index (χ1) is 7.65. The van der Waals surface area contributed by atoms with Crippen LogP contribution in [0.1, 0.15) is 31.9 Å². The van der Waals surface area contributed by atoms with Crippen molar-refractivity contribution >= 4 is 14.4 Å². The van der Waals surface area contributed by atoms with Crippen molar-refractivity contribution in [2.75, 3.05) is 0 Å². The first kappa shape index (κ1) is 14.0. The van der Waals surface area contributed by atoms with Gasteiger partial charge in [0.1, 0.15) is 5.75 Å². The molecule has 0 aliphatic heterocycles. The van der Waals surface area contributed by atoms with Crippen molar-refractivity contribution in [3.63, 3.8) is 0 Å². The number of aryl methyl sites for hydroxylation is 1. The van der Waals surface area contributed by atoms with Gasteiger partial charge in [-0.25, -0.2) is 0 Å². The Morgan fingerprint density at radius 3 is 2.24 bits per heavy atom. The zero-order chi connectivity index (χ0) is 13.3. The summed E-state index contributed by atoms with van der Waals surface area (Å²) in [6, 6.07) is 6.29. The zero-order valence-electron chi connectivity index (χ0n) is 11.9. The second-order valence-electron chi connectivity index (χ2n) is 6.15.